The van der Waals surface area contributed by atoms with Gasteiger partial charge in [0.2, 0.25) is 0 Å². The first-order valence-corrected chi connectivity index (χ1v) is 5.93. The largest absolute Gasteiger partial charge is 0.326 e. The standard InChI is InChI=1S/C12H26N2/c1-5-9(2)11(13)8-14-7-10-6-12(10,3)4/h9-11,14H,5-8,13H2,1-4H3. The second-order valence-electron chi connectivity index (χ2n) is 5.60. The molecular formula is C12H26N2. The zero-order valence-corrected chi connectivity index (χ0v) is 10.1. The highest BCUT2D eigenvalue weighted by atomic mass is 14.9. The van der Waals surface area contributed by atoms with Crippen LogP contribution in [-0.2, 0) is 0 Å². The van der Waals surface area contributed by atoms with Gasteiger partial charge in [-0.05, 0) is 30.2 Å². The molecule has 0 aromatic rings. The van der Waals surface area contributed by atoms with Crippen molar-refractivity contribution >= 4 is 0 Å². The van der Waals surface area contributed by atoms with Crippen LogP contribution in [-0.4, -0.2) is 19.1 Å². The van der Waals surface area contributed by atoms with Gasteiger partial charge in [0.25, 0.3) is 0 Å². The normalized spacial score (nSPS) is 28.5. The van der Waals surface area contributed by atoms with Crippen LogP contribution in [0.1, 0.15) is 40.5 Å². The third kappa shape index (κ3) is 3.25. The van der Waals surface area contributed by atoms with Crippen LogP contribution >= 0.6 is 0 Å². The van der Waals surface area contributed by atoms with E-state index in [-0.39, 0.29) is 0 Å². The molecule has 0 saturated heterocycles. The highest BCUT2D eigenvalue weighted by molar-refractivity contribution is 4.96. The molecule has 0 radical (unpaired) electrons. The maximum atomic E-state index is 6.04. The van der Waals surface area contributed by atoms with Crippen molar-refractivity contribution in [2.24, 2.45) is 23.0 Å². The quantitative estimate of drug-likeness (QED) is 0.685. The monoisotopic (exact) mass is 198 g/mol. The van der Waals surface area contributed by atoms with Crippen LogP contribution in [0.4, 0.5) is 0 Å². The summed E-state index contributed by atoms with van der Waals surface area (Å²) in [5, 5.41) is 3.49. The van der Waals surface area contributed by atoms with Gasteiger partial charge in [-0.3, -0.25) is 0 Å². The third-order valence-electron chi connectivity index (χ3n) is 3.86. The Labute approximate surface area is 88.6 Å². The van der Waals surface area contributed by atoms with E-state index in [2.05, 4.69) is 33.0 Å². The summed E-state index contributed by atoms with van der Waals surface area (Å²) < 4.78 is 0. The SMILES string of the molecule is CCC(C)C(N)CNCC1CC1(C)C. The van der Waals surface area contributed by atoms with E-state index >= 15 is 0 Å². The summed E-state index contributed by atoms with van der Waals surface area (Å²) >= 11 is 0. The van der Waals surface area contributed by atoms with Gasteiger partial charge >= 0.3 is 0 Å². The summed E-state index contributed by atoms with van der Waals surface area (Å²) in [5.41, 5.74) is 6.63. The lowest BCUT2D eigenvalue weighted by Gasteiger charge is -2.18. The molecule has 1 aliphatic carbocycles. The molecule has 0 aromatic carbocycles. The van der Waals surface area contributed by atoms with Gasteiger partial charge < -0.3 is 11.1 Å². The van der Waals surface area contributed by atoms with E-state index in [1.54, 1.807) is 0 Å². The van der Waals surface area contributed by atoms with E-state index in [0.717, 1.165) is 19.0 Å². The molecule has 0 heterocycles. The van der Waals surface area contributed by atoms with Gasteiger partial charge in [-0.25, -0.2) is 0 Å². The average molecular weight is 198 g/mol. The van der Waals surface area contributed by atoms with Crippen LogP contribution in [0.3, 0.4) is 0 Å². The number of nitrogens with two attached hydrogens (primary N) is 1. The molecule has 0 bridgehead atoms. The summed E-state index contributed by atoms with van der Waals surface area (Å²) in [6.07, 6.45) is 2.55. The van der Waals surface area contributed by atoms with Gasteiger partial charge in [0, 0.05) is 12.6 Å². The second-order valence-corrected chi connectivity index (χ2v) is 5.60. The molecule has 0 amide bonds. The van der Waals surface area contributed by atoms with Gasteiger partial charge in [0.05, 0.1) is 0 Å². The summed E-state index contributed by atoms with van der Waals surface area (Å²) in [5.74, 6) is 1.52. The smallest absolute Gasteiger partial charge is 0.0191 e. The van der Waals surface area contributed by atoms with Crippen LogP contribution < -0.4 is 11.1 Å². The Hall–Kier alpha value is -0.0800. The second kappa shape index (κ2) is 4.63. The Morgan fingerprint density at radius 1 is 1.50 bits per heavy atom. The van der Waals surface area contributed by atoms with Crippen LogP contribution in [0.2, 0.25) is 0 Å². The van der Waals surface area contributed by atoms with Crippen molar-refractivity contribution < 1.29 is 0 Å². The summed E-state index contributed by atoms with van der Waals surface area (Å²) in [4.78, 5) is 0. The number of nitrogens with one attached hydrogen (secondary N) is 1. The Balaban J connectivity index is 2.04. The molecule has 1 rings (SSSR count). The zero-order valence-electron chi connectivity index (χ0n) is 10.1. The molecule has 3 N–H and O–H groups in total. The predicted octanol–water partition coefficient (Wildman–Crippen LogP) is 2.00. The lowest BCUT2D eigenvalue weighted by Crippen LogP contribution is -2.39. The van der Waals surface area contributed by atoms with Gasteiger partial charge in [-0.2, -0.15) is 0 Å². The Kier molecular flexibility index (Phi) is 3.96. The van der Waals surface area contributed by atoms with Crippen LogP contribution in [0.15, 0.2) is 0 Å². The molecule has 1 fully saturated rings. The first-order chi connectivity index (χ1) is 6.47. The minimum atomic E-state index is 0.321. The fraction of sp³-hybridized carbons (Fsp3) is 1.00. The molecule has 3 unspecified atom stereocenters. The molecule has 2 heteroatoms. The van der Waals surface area contributed by atoms with E-state index < -0.39 is 0 Å². The third-order valence-corrected chi connectivity index (χ3v) is 3.86. The Morgan fingerprint density at radius 3 is 2.50 bits per heavy atom. The first-order valence-electron chi connectivity index (χ1n) is 5.93. The van der Waals surface area contributed by atoms with Gasteiger partial charge in [-0.1, -0.05) is 34.1 Å². The number of hydrogen-bond donors (Lipinski definition) is 2. The molecule has 3 atom stereocenters. The minimum Gasteiger partial charge on any atom is -0.326 e. The van der Waals surface area contributed by atoms with Crippen LogP contribution in [0.5, 0.6) is 0 Å². The number of hydrogen-bond acceptors (Lipinski definition) is 2. The van der Waals surface area contributed by atoms with Crippen molar-refractivity contribution in [1.29, 1.82) is 0 Å². The van der Waals surface area contributed by atoms with Gasteiger partial charge in [-0.15, -0.1) is 0 Å². The van der Waals surface area contributed by atoms with Gasteiger partial charge in [0.1, 0.15) is 0 Å². The summed E-state index contributed by atoms with van der Waals surface area (Å²) in [6.45, 7) is 11.2. The Morgan fingerprint density at radius 2 is 2.07 bits per heavy atom. The van der Waals surface area contributed by atoms with E-state index in [0.29, 0.717) is 17.4 Å². The van der Waals surface area contributed by atoms with E-state index in [9.17, 15) is 0 Å². The fourth-order valence-corrected chi connectivity index (χ4v) is 1.85. The Bertz CT molecular complexity index is 177. The maximum Gasteiger partial charge on any atom is 0.0191 e. The van der Waals surface area contributed by atoms with Crippen molar-refractivity contribution in [1.82, 2.24) is 5.32 Å². The van der Waals surface area contributed by atoms with Crippen molar-refractivity contribution in [3.05, 3.63) is 0 Å². The average Bonchev–Trinajstić information content (AvgIpc) is 2.72. The molecule has 14 heavy (non-hydrogen) atoms. The van der Waals surface area contributed by atoms with Crippen molar-refractivity contribution in [3.63, 3.8) is 0 Å². The van der Waals surface area contributed by atoms with E-state index in [1.807, 2.05) is 0 Å². The zero-order chi connectivity index (χ0) is 10.8. The van der Waals surface area contributed by atoms with E-state index in [4.69, 9.17) is 5.73 Å². The molecule has 0 spiro atoms. The molecule has 1 saturated carbocycles. The number of rotatable bonds is 6. The van der Waals surface area contributed by atoms with Gasteiger partial charge in [0.15, 0.2) is 0 Å². The van der Waals surface area contributed by atoms with Crippen molar-refractivity contribution in [2.45, 2.75) is 46.6 Å². The summed E-state index contributed by atoms with van der Waals surface area (Å²) in [6, 6.07) is 0.321. The van der Waals surface area contributed by atoms with E-state index in [1.165, 1.54) is 12.8 Å². The molecule has 84 valence electrons. The molecule has 1 aliphatic rings. The van der Waals surface area contributed by atoms with Crippen molar-refractivity contribution in [3.8, 4) is 0 Å². The fourth-order valence-electron chi connectivity index (χ4n) is 1.85. The molecule has 2 nitrogen and oxygen atoms in total. The topological polar surface area (TPSA) is 38.0 Å². The maximum absolute atomic E-state index is 6.04. The van der Waals surface area contributed by atoms with Crippen LogP contribution in [0.25, 0.3) is 0 Å². The molecule has 0 aromatic heterocycles. The van der Waals surface area contributed by atoms with Crippen molar-refractivity contribution in [2.75, 3.05) is 13.1 Å². The molecule has 0 aliphatic heterocycles. The lowest BCUT2D eigenvalue weighted by atomic mass is 10.00. The first kappa shape index (κ1) is 12.0. The highest BCUT2D eigenvalue weighted by Crippen LogP contribution is 2.50. The summed E-state index contributed by atoms with van der Waals surface area (Å²) in [7, 11) is 0. The molecular weight excluding hydrogens is 172 g/mol. The lowest BCUT2D eigenvalue weighted by molar-refractivity contribution is 0.408. The minimum absolute atomic E-state index is 0.321. The van der Waals surface area contributed by atoms with Crippen LogP contribution in [0, 0.1) is 17.3 Å². The highest BCUT2D eigenvalue weighted by Gasteiger charge is 2.44. The predicted molar refractivity (Wildman–Crippen MR) is 62.2 cm³/mol.